The summed E-state index contributed by atoms with van der Waals surface area (Å²) in [5.74, 6) is 0.147. The van der Waals surface area contributed by atoms with Crippen molar-refractivity contribution >= 4 is 11.8 Å². The van der Waals surface area contributed by atoms with Crippen LogP contribution in [0.15, 0.2) is 0 Å². The number of hydrogen-bond acceptors (Lipinski definition) is 3. The minimum absolute atomic E-state index is 0.0270. The van der Waals surface area contributed by atoms with Crippen LogP contribution in [0.1, 0.15) is 39.0 Å². The van der Waals surface area contributed by atoms with Gasteiger partial charge in [0, 0.05) is 20.1 Å². The topological polar surface area (TPSA) is 61.4 Å². The Balaban J connectivity index is 2.14. The maximum absolute atomic E-state index is 12.9. The predicted octanol–water partition coefficient (Wildman–Crippen LogP) is 0.503. The Morgan fingerprint density at radius 3 is 2.79 bits per heavy atom. The summed E-state index contributed by atoms with van der Waals surface area (Å²) in [4.78, 5) is 26.6. The molecule has 0 radical (unpaired) electrons. The summed E-state index contributed by atoms with van der Waals surface area (Å²) in [7, 11) is 1.64. The highest BCUT2D eigenvalue weighted by Crippen LogP contribution is 2.34. The Labute approximate surface area is 115 Å². The highest BCUT2D eigenvalue weighted by Gasteiger charge is 2.45. The molecule has 2 N–H and O–H groups in total. The zero-order valence-electron chi connectivity index (χ0n) is 12.0. The molecule has 2 atom stereocenters. The molecule has 108 valence electrons. The van der Waals surface area contributed by atoms with Gasteiger partial charge in [-0.05, 0) is 38.6 Å². The summed E-state index contributed by atoms with van der Waals surface area (Å²) in [6.45, 7) is 4.54. The molecule has 0 aliphatic carbocycles. The third-order valence-electron chi connectivity index (χ3n) is 4.67. The van der Waals surface area contributed by atoms with Crippen LogP contribution < -0.4 is 10.6 Å². The Morgan fingerprint density at radius 2 is 2.21 bits per heavy atom. The van der Waals surface area contributed by atoms with Gasteiger partial charge in [0.1, 0.15) is 6.04 Å². The maximum Gasteiger partial charge on any atom is 0.242 e. The number of hydrogen-bond donors (Lipinski definition) is 2. The summed E-state index contributed by atoms with van der Waals surface area (Å²) in [5.41, 5.74) is -0.297. The van der Waals surface area contributed by atoms with Gasteiger partial charge in [-0.1, -0.05) is 6.92 Å². The lowest BCUT2D eigenvalue weighted by Crippen LogP contribution is -2.55. The number of carbonyl (C=O) groups excluding carboxylic acids is 2. The minimum Gasteiger partial charge on any atom is -0.357 e. The molecule has 0 spiro atoms. The second kappa shape index (κ2) is 5.90. The molecule has 0 aromatic carbocycles. The number of likely N-dealkylation sites (tertiary alicyclic amines) is 1. The summed E-state index contributed by atoms with van der Waals surface area (Å²) in [6, 6.07) is -0.261. The third kappa shape index (κ3) is 2.61. The van der Waals surface area contributed by atoms with E-state index in [1.165, 1.54) is 0 Å². The highest BCUT2D eigenvalue weighted by molar-refractivity contribution is 5.90. The Morgan fingerprint density at radius 1 is 1.42 bits per heavy atom. The van der Waals surface area contributed by atoms with Crippen molar-refractivity contribution in [2.24, 2.45) is 5.41 Å². The van der Waals surface area contributed by atoms with E-state index in [4.69, 9.17) is 0 Å². The average molecular weight is 267 g/mol. The van der Waals surface area contributed by atoms with Gasteiger partial charge in [0.25, 0.3) is 0 Å². The van der Waals surface area contributed by atoms with Crippen molar-refractivity contribution in [3.63, 3.8) is 0 Å². The first-order valence-corrected chi connectivity index (χ1v) is 7.38. The molecule has 2 aliphatic heterocycles. The van der Waals surface area contributed by atoms with E-state index in [0.29, 0.717) is 0 Å². The van der Waals surface area contributed by atoms with Crippen LogP contribution in [0.5, 0.6) is 0 Å². The van der Waals surface area contributed by atoms with Gasteiger partial charge >= 0.3 is 0 Å². The third-order valence-corrected chi connectivity index (χ3v) is 4.67. The fourth-order valence-corrected chi connectivity index (χ4v) is 3.36. The van der Waals surface area contributed by atoms with Crippen molar-refractivity contribution in [1.29, 1.82) is 0 Å². The normalized spacial score (nSPS) is 31.3. The van der Waals surface area contributed by atoms with Crippen molar-refractivity contribution in [2.45, 2.75) is 45.1 Å². The van der Waals surface area contributed by atoms with Crippen LogP contribution >= 0.6 is 0 Å². The number of nitrogens with one attached hydrogen (secondary N) is 2. The lowest BCUT2D eigenvalue weighted by atomic mass is 9.77. The van der Waals surface area contributed by atoms with Gasteiger partial charge in [-0.2, -0.15) is 0 Å². The summed E-state index contributed by atoms with van der Waals surface area (Å²) >= 11 is 0. The number of amides is 2. The van der Waals surface area contributed by atoms with E-state index < -0.39 is 0 Å². The monoisotopic (exact) mass is 267 g/mol. The van der Waals surface area contributed by atoms with E-state index >= 15 is 0 Å². The van der Waals surface area contributed by atoms with E-state index in [-0.39, 0.29) is 23.3 Å². The zero-order chi connectivity index (χ0) is 13.9. The molecule has 0 aromatic heterocycles. The lowest BCUT2D eigenvalue weighted by molar-refractivity contribution is -0.148. The molecule has 2 saturated heterocycles. The molecular weight excluding hydrogens is 242 g/mol. The van der Waals surface area contributed by atoms with Crippen molar-refractivity contribution in [2.75, 3.05) is 26.7 Å². The van der Waals surface area contributed by atoms with Crippen LogP contribution in [0, 0.1) is 5.41 Å². The highest BCUT2D eigenvalue weighted by atomic mass is 16.2. The SMILES string of the molecule is CCC1(C(=O)N2CCCC2C(=O)NC)CCCNC1. The second-order valence-corrected chi connectivity index (χ2v) is 5.69. The van der Waals surface area contributed by atoms with E-state index in [2.05, 4.69) is 17.6 Å². The predicted molar refractivity (Wildman–Crippen MR) is 73.6 cm³/mol. The van der Waals surface area contributed by atoms with Gasteiger partial charge in [0.05, 0.1) is 5.41 Å². The molecule has 2 heterocycles. The number of likely N-dealkylation sites (N-methyl/N-ethyl adjacent to an activating group) is 1. The molecule has 19 heavy (non-hydrogen) atoms. The number of piperidine rings is 1. The number of nitrogens with zero attached hydrogens (tertiary/aromatic N) is 1. The molecule has 2 rings (SSSR count). The number of rotatable bonds is 3. The van der Waals surface area contributed by atoms with Crippen LogP contribution in [0.25, 0.3) is 0 Å². The molecule has 0 saturated carbocycles. The largest absolute Gasteiger partial charge is 0.357 e. The maximum atomic E-state index is 12.9. The summed E-state index contributed by atoms with van der Waals surface area (Å²) in [5, 5.41) is 6.02. The molecule has 2 fully saturated rings. The Hall–Kier alpha value is -1.10. The minimum atomic E-state index is -0.297. The molecule has 2 amide bonds. The molecule has 5 nitrogen and oxygen atoms in total. The quantitative estimate of drug-likeness (QED) is 0.783. The smallest absolute Gasteiger partial charge is 0.242 e. The van der Waals surface area contributed by atoms with Gasteiger partial charge < -0.3 is 15.5 Å². The first kappa shape index (κ1) is 14.3. The molecule has 2 unspecified atom stereocenters. The fraction of sp³-hybridized carbons (Fsp3) is 0.857. The molecule has 0 aromatic rings. The van der Waals surface area contributed by atoms with Gasteiger partial charge in [-0.25, -0.2) is 0 Å². The Bertz CT molecular complexity index is 351. The fourth-order valence-electron chi connectivity index (χ4n) is 3.36. The zero-order valence-corrected chi connectivity index (χ0v) is 12.0. The lowest BCUT2D eigenvalue weighted by Gasteiger charge is -2.39. The first-order chi connectivity index (χ1) is 9.14. The van der Waals surface area contributed by atoms with Gasteiger partial charge in [0.15, 0.2) is 0 Å². The molecule has 5 heteroatoms. The van der Waals surface area contributed by atoms with Crippen LogP contribution in [0.2, 0.25) is 0 Å². The first-order valence-electron chi connectivity index (χ1n) is 7.38. The van der Waals surface area contributed by atoms with Gasteiger partial charge in [0.2, 0.25) is 11.8 Å². The van der Waals surface area contributed by atoms with E-state index in [0.717, 1.165) is 51.7 Å². The van der Waals surface area contributed by atoms with E-state index in [9.17, 15) is 9.59 Å². The van der Waals surface area contributed by atoms with E-state index in [1.54, 1.807) is 7.05 Å². The number of carbonyl (C=O) groups is 2. The summed E-state index contributed by atoms with van der Waals surface area (Å²) < 4.78 is 0. The molecule has 0 bridgehead atoms. The van der Waals surface area contributed by atoms with Crippen LogP contribution in [-0.2, 0) is 9.59 Å². The Kier molecular flexibility index (Phi) is 4.45. The van der Waals surface area contributed by atoms with Crippen LogP contribution in [-0.4, -0.2) is 49.4 Å². The van der Waals surface area contributed by atoms with Crippen molar-refractivity contribution in [1.82, 2.24) is 15.5 Å². The van der Waals surface area contributed by atoms with Crippen molar-refractivity contribution in [3.05, 3.63) is 0 Å². The van der Waals surface area contributed by atoms with Crippen LogP contribution in [0.3, 0.4) is 0 Å². The van der Waals surface area contributed by atoms with Gasteiger partial charge in [-0.15, -0.1) is 0 Å². The molecule has 2 aliphatic rings. The van der Waals surface area contributed by atoms with Crippen LogP contribution in [0.4, 0.5) is 0 Å². The standard InChI is InChI=1S/C14H25N3O2/c1-3-14(7-5-8-16-10-14)13(19)17-9-4-6-11(17)12(18)15-2/h11,16H,3-10H2,1-2H3,(H,15,18). The molecular formula is C14H25N3O2. The second-order valence-electron chi connectivity index (χ2n) is 5.69. The van der Waals surface area contributed by atoms with Crippen molar-refractivity contribution in [3.8, 4) is 0 Å². The van der Waals surface area contributed by atoms with E-state index in [1.807, 2.05) is 4.90 Å². The summed E-state index contributed by atoms with van der Waals surface area (Å²) in [6.07, 6.45) is 4.54. The average Bonchev–Trinajstić information content (AvgIpc) is 2.95. The van der Waals surface area contributed by atoms with Gasteiger partial charge in [-0.3, -0.25) is 9.59 Å². The van der Waals surface area contributed by atoms with Crippen molar-refractivity contribution < 1.29 is 9.59 Å².